The maximum atomic E-state index is 13.4. The first kappa shape index (κ1) is 15.9. The molecule has 3 N–H and O–H groups in total. The number of carbonyl (C=O) groups excluding carboxylic acids is 2. The summed E-state index contributed by atoms with van der Waals surface area (Å²) in [5.74, 6) is -1.46. The largest absolute Gasteiger partial charge is 0.508 e. The van der Waals surface area contributed by atoms with Crippen molar-refractivity contribution in [1.82, 2.24) is 10.6 Å². The fourth-order valence-electron chi connectivity index (χ4n) is 1.48. The number of hydrogen-bond acceptors (Lipinski definition) is 3. The summed E-state index contributed by atoms with van der Waals surface area (Å²) in [5, 5.41) is 14.2. The van der Waals surface area contributed by atoms with Gasteiger partial charge < -0.3 is 15.7 Å². The molecule has 0 atom stereocenters. The summed E-state index contributed by atoms with van der Waals surface area (Å²) in [6.45, 7) is 4.67. The molecule has 0 radical (unpaired) electrons. The van der Waals surface area contributed by atoms with Gasteiger partial charge in [-0.2, -0.15) is 0 Å². The van der Waals surface area contributed by atoms with Crippen molar-refractivity contribution in [3.05, 3.63) is 29.6 Å². The van der Waals surface area contributed by atoms with Crippen LogP contribution in [-0.2, 0) is 4.79 Å². The van der Waals surface area contributed by atoms with E-state index in [1.54, 1.807) is 0 Å². The van der Waals surface area contributed by atoms with Crippen molar-refractivity contribution in [3.8, 4) is 5.75 Å². The Morgan fingerprint density at radius 3 is 2.60 bits per heavy atom. The standard InChI is InChI=1S/C14H19FN2O3/c1-9(2)8-17-13(19)5-6-16-14(20)11-4-3-10(18)7-12(11)15/h3-4,7,9,18H,5-6,8H2,1-2H3,(H,16,20)(H,17,19). The van der Waals surface area contributed by atoms with Gasteiger partial charge in [0.05, 0.1) is 5.56 Å². The van der Waals surface area contributed by atoms with Crippen molar-refractivity contribution in [2.75, 3.05) is 13.1 Å². The number of carbonyl (C=O) groups is 2. The van der Waals surface area contributed by atoms with Gasteiger partial charge in [-0.3, -0.25) is 9.59 Å². The fraction of sp³-hybridized carbons (Fsp3) is 0.429. The first-order chi connectivity index (χ1) is 9.40. The van der Waals surface area contributed by atoms with Gasteiger partial charge in [0, 0.05) is 25.6 Å². The minimum absolute atomic E-state index is 0.128. The molecule has 110 valence electrons. The number of nitrogens with one attached hydrogen (secondary N) is 2. The van der Waals surface area contributed by atoms with Crippen LogP contribution >= 0.6 is 0 Å². The monoisotopic (exact) mass is 282 g/mol. The number of aromatic hydroxyl groups is 1. The molecule has 1 rings (SSSR count). The number of amides is 2. The van der Waals surface area contributed by atoms with Crippen LogP contribution in [0.15, 0.2) is 18.2 Å². The van der Waals surface area contributed by atoms with Gasteiger partial charge in [-0.05, 0) is 18.1 Å². The molecule has 0 aromatic heterocycles. The molecule has 0 fully saturated rings. The summed E-state index contributed by atoms with van der Waals surface area (Å²) in [5.41, 5.74) is -0.162. The zero-order chi connectivity index (χ0) is 15.1. The van der Waals surface area contributed by atoms with E-state index >= 15 is 0 Å². The zero-order valence-electron chi connectivity index (χ0n) is 11.6. The predicted octanol–water partition coefficient (Wildman–Crippen LogP) is 1.42. The highest BCUT2D eigenvalue weighted by molar-refractivity contribution is 5.94. The quantitative estimate of drug-likeness (QED) is 0.738. The summed E-state index contributed by atoms with van der Waals surface area (Å²) >= 11 is 0. The lowest BCUT2D eigenvalue weighted by molar-refractivity contribution is -0.121. The van der Waals surface area contributed by atoms with Gasteiger partial charge >= 0.3 is 0 Å². The maximum Gasteiger partial charge on any atom is 0.254 e. The van der Waals surface area contributed by atoms with Gasteiger partial charge in [-0.15, -0.1) is 0 Å². The Morgan fingerprint density at radius 1 is 1.30 bits per heavy atom. The Labute approximate surface area is 117 Å². The first-order valence-corrected chi connectivity index (χ1v) is 6.43. The molecule has 1 aromatic carbocycles. The third kappa shape index (κ3) is 5.26. The molecule has 6 heteroatoms. The van der Waals surface area contributed by atoms with Crippen molar-refractivity contribution in [2.24, 2.45) is 5.92 Å². The molecule has 0 aliphatic heterocycles. The molecule has 0 unspecified atom stereocenters. The van der Waals surface area contributed by atoms with E-state index in [1.165, 1.54) is 12.1 Å². The molecule has 0 bridgehead atoms. The molecule has 2 amide bonds. The highest BCUT2D eigenvalue weighted by atomic mass is 19.1. The Bertz CT molecular complexity index is 489. The Balaban J connectivity index is 2.38. The number of rotatable bonds is 6. The maximum absolute atomic E-state index is 13.4. The molecule has 0 saturated heterocycles. The summed E-state index contributed by atoms with van der Waals surface area (Å²) in [4.78, 5) is 23.1. The molecular formula is C14H19FN2O3. The second kappa shape index (κ2) is 7.47. The number of phenolic OH excluding ortho intramolecular Hbond substituents is 1. The summed E-state index contributed by atoms with van der Waals surface area (Å²) in [6, 6.07) is 3.29. The third-order valence-corrected chi connectivity index (χ3v) is 2.54. The number of benzene rings is 1. The minimum Gasteiger partial charge on any atom is -0.508 e. The fourth-order valence-corrected chi connectivity index (χ4v) is 1.48. The Morgan fingerprint density at radius 2 is 2.00 bits per heavy atom. The molecule has 0 heterocycles. The van der Waals surface area contributed by atoms with Crippen LogP contribution in [0.5, 0.6) is 5.75 Å². The first-order valence-electron chi connectivity index (χ1n) is 6.43. The lowest BCUT2D eigenvalue weighted by Crippen LogP contribution is -2.32. The lowest BCUT2D eigenvalue weighted by atomic mass is 10.2. The molecule has 0 aliphatic carbocycles. The van der Waals surface area contributed by atoms with Crippen LogP contribution in [0, 0.1) is 11.7 Å². The SMILES string of the molecule is CC(C)CNC(=O)CCNC(=O)c1ccc(O)cc1F. The summed E-state index contributed by atoms with van der Waals surface area (Å²) < 4.78 is 13.4. The van der Waals surface area contributed by atoms with E-state index < -0.39 is 11.7 Å². The second-order valence-electron chi connectivity index (χ2n) is 4.87. The van der Waals surface area contributed by atoms with E-state index in [0.29, 0.717) is 12.5 Å². The van der Waals surface area contributed by atoms with Crippen LogP contribution in [-0.4, -0.2) is 30.0 Å². The van der Waals surface area contributed by atoms with E-state index in [1.807, 2.05) is 13.8 Å². The van der Waals surface area contributed by atoms with Gasteiger partial charge in [0.1, 0.15) is 11.6 Å². The molecule has 0 saturated carbocycles. The van der Waals surface area contributed by atoms with Gasteiger partial charge in [0.25, 0.3) is 5.91 Å². The minimum atomic E-state index is -0.799. The molecule has 0 aliphatic rings. The van der Waals surface area contributed by atoms with Crippen molar-refractivity contribution in [1.29, 1.82) is 0 Å². The van der Waals surface area contributed by atoms with E-state index in [-0.39, 0.29) is 30.2 Å². The van der Waals surface area contributed by atoms with Crippen LogP contribution < -0.4 is 10.6 Å². The predicted molar refractivity (Wildman–Crippen MR) is 72.9 cm³/mol. The van der Waals surface area contributed by atoms with E-state index in [9.17, 15) is 14.0 Å². The van der Waals surface area contributed by atoms with Crippen LogP contribution in [0.4, 0.5) is 4.39 Å². The smallest absolute Gasteiger partial charge is 0.254 e. The molecule has 20 heavy (non-hydrogen) atoms. The summed E-state index contributed by atoms with van der Waals surface area (Å²) in [6.07, 6.45) is 0.137. The van der Waals surface area contributed by atoms with Gasteiger partial charge in [-0.1, -0.05) is 13.8 Å². The van der Waals surface area contributed by atoms with E-state index in [0.717, 1.165) is 6.07 Å². The zero-order valence-corrected chi connectivity index (χ0v) is 11.6. The Hall–Kier alpha value is -2.11. The van der Waals surface area contributed by atoms with E-state index in [2.05, 4.69) is 10.6 Å². The van der Waals surface area contributed by atoms with Crippen molar-refractivity contribution < 1.29 is 19.1 Å². The van der Waals surface area contributed by atoms with Crippen LogP contribution in [0.1, 0.15) is 30.6 Å². The van der Waals surface area contributed by atoms with Gasteiger partial charge in [0.15, 0.2) is 0 Å². The molecule has 5 nitrogen and oxygen atoms in total. The van der Waals surface area contributed by atoms with Crippen LogP contribution in [0.25, 0.3) is 0 Å². The van der Waals surface area contributed by atoms with Crippen LogP contribution in [0.2, 0.25) is 0 Å². The second-order valence-corrected chi connectivity index (χ2v) is 4.87. The van der Waals surface area contributed by atoms with Crippen molar-refractivity contribution in [3.63, 3.8) is 0 Å². The number of hydrogen-bond donors (Lipinski definition) is 3. The van der Waals surface area contributed by atoms with Crippen molar-refractivity contribution >= 4 is 11.8 Å². The molecule has 0 spiro atoms. The molecule has 1 aromatic rings. The average molecular weight is 282 g/mol. The summed E-state index contributed by atoms with van der Waals surface area (Å²) in [7, 11) is 0. The lowest BCUT2D eigenvalue weighted by Gasteiger charge is -2.08. The average Bonchev–Trinajstić information content (AvgIpc) is 2.36. The molecular weight excluding hydrogens is 263 g/mol. The van der Waals surface area contributed by atoms with Gasteiger partial charge in [-0.25, -0.2) is 4.39 Å². The highest BCUT2D eigenvalue weighted by Crippen LogP contribution is 2.14. The normalized spacial score (nSPS) is 10.4. The van der Waals surface area contributed by atoms with E-state index in [4.69, 9.17) is 5.11 Å². The van der Waals surface area contributed by atoms with Gasteiger partial charge in [0.2, 0.25) is 5.91 Å². The Kier molecular flexibility index (Phi) is 5.96. The number of halogens is 1. The van der Waals surface area contributed by atoms with Crippen LogP contribution in [0.3, 0.4) is 0 Å². The van der Waals surface area contributed by atoms with Crippen molar-refractivity contribution in [2.45, 2.75) is 20.3 Å². The topological polar surface area (TPSA) is 78.4 Å². The third-order valence-electron chi connectivity index (χ3n) is 2.54. The highest BCUT2D eigenvalue weighted by Gasteiger charge is 2.12. The number of phenols is 1.